The van der Waals surface area contributed by atoms with Crippen LogP contribution in [0.15, 0.2) is 24.3 Å². The summed E-state index contributed by atoms with van der Waals surface area (Å²) in [5, 5.41) is 5.82. The maximum atomic E-state index is 13.1. The fraction of sp³-hybridized carbons (Fsp3) is 0.636. The zero-order valence-corrected chi connectivity index (χ0v) is 19.5. The predicted octanol–water partition coefficient (Wildman–Crippen LogP) is 2.67. The Morgan fingerprint density at radius 1 is 1.09 bits per heavy atom. The van der Waals surface area contributed by atoms with Crippen molar-refractivity contribution < 1.29 is 31.9 Å². The largest absolute Gasteiger partial charge is 0.461 e. The van der Waals surface area contributed by atoms with E-state index >= 15 is 0 Å². The van der Waals surface area contributed by atoms with Gasteiger partial charge in [-0.05, 0) is 32.9 Å². The number of hydrogen-bond acceptors (Lipinski definition) is 5. The number of ether oxygens (including phenoxy) is 1. The summed E-state index contributed by atoms with van der Waals surface area (Å²) in [4.78, 5) is 31.1. The molecule has 12 heteroatoms. The molecule has 1 aromatic rings. The van der Waals surface area contributed by atoms with Gasteiger partial charge in [0.15, 0.2) is 0 Å². The lowest BCUT2D eigenvalue weighted by atomic mass is 10.0. The minimum atomic E-state index is -4.64. The van der Waals surface area contributed by atoms with Crippen LogP contribution < -0.4 is 15.4 Å². The molecule has 0 saturated carbocycles. The molecular formula is C22H31F4N5O3. The van der Waals surface area contributed by atoms with E-state index in [2.05, 4.69) is 41.0 Å². The number of hydrogen-bond donors (Lipinski definition) is 2. The van der Waals surface area contributed by atoms with Gasteiger partial charge >= 0.3 is 18.6 Å². The van der Waals surface area contributed by atoms with Gasteiger partial charge in [0, 0.05) is 63.1 Å². The fourth-order valence-corrected chi connectivity index (χ4v) is 3.92. The molecule has 3 rings (SSSR count). The van der Waals surface area contributed by atoms with Crippen LogP contribution in [-0.4, -0.2) is 96.6 Å². The Bertz CT molecular complexity index is 872. The van der Waals surface area contributed by atoms with Crippen molar-refractivity contribution in [2.24, 2.45) is 0 Å². The summed E-state index contributed by atoms with van der Waals surface area (Å²) in [5.74, 6) is -0.499. The van der Waals surface area contributed by atoms with Crippen LogP contribution in [0.1, 0.15) is 20.8 Å². The molecule has 0 unspecified atom stereocenters. The summed E-state index contributed by atoms with van der Waals surface area (Å²) >= 11 is 0. The number of nitrogens with one attached hydrogen (secondary N) is 2. The van der Waals surface area contributed by atoms with Crippen LogP contribution in [0, 0.1) is 0 Å². The molecule has 0 aliphatic carbocycles. The number of anilines is 1. The van der Waals surface area contributed by atoms with Crippen molar-refractivity contribution in [3.63, 3.8) is 0 Å². The third kappa shape index (κ3) is 6.50. The molecule has 2 aliphatic heterocycles. The van der Waals surface area contributed by atoms with Crippen LogP contribution in [0.5, 0.6) is 5.75 Å². The van der Waals surface area contributed by atoms with Gasteiger partial charge in [-0.15, -0.1) is 0 Å². The number of piperazine rings is 2. The lowest BCUT2D eigenvalue weighted by molar-refractivity contribution is -0.253. The molecule has 1 aromatic carbocycles. The number of amides is 3. The first-order valence-corrected chi connectivity index (χ1v) is 11.1. The van der Waals surface area contributed by atoms with Gasteiger partial charge in [0.05, 0.1) is 6.04 Å². The van der Waals surface area contributed by atoms with Gasteiger partial charge in [0.25, 0.3) is 0 Å². The number of nitrogens with zero attached hydrogens (tertiary/aromatic N) is 3. The number of benzene rings is 1. The van der Waals surface area contributed by atoms with E-state index in [0.717, 1.165) is 25.2 Å². The highest BCUT2D eigenvalue weighted by atomic mass is 19.3. The number of carbonyl (C=O) groups excluding carboxylic acids is 2. The Morgan fingerprint density at radius 2 is 1.74 bits per heavy atom. The van der Waals surface area contributed by atoms with Gasteiger partial charge in [-0.25, -0.2) is 4.79 Å². The van der Waals surface area contributed by atoms with Gasteiger partial charge in [-0.3, -0.25) is 9.69 Å². The SMILES string of the molecule is CC(C)(C)N1CCN[C@@H](C(=O)N2CCN(C(=O)Nc3cccc(OC(F)(F)C(F)F)c3)CC2)C1. The van der Waals surface area contributed by atoms with Crippen LogP contribution in [0.4, 0.5) is 28.0 Å². The lowest BCUT2D eigenvalue weighted by Gasteiger charge is -2.43. The Morgan fingerprint density at radius 3 is 2.35 bits per heavy atom. The average molecular weight is 490 g/mol. The summed E-state index contributed by atoms with van der Waals surface area (Å²) in [6.45, 7) is 9.88. The fourth-order valence-electron chi connectivity index (χ4n) is 3.92. The van der Waals surface area contributed by atoms with Crippen LogP contribution in [0.25, 0.3) is 0 Å². The summed E-state index contributed by atoms with van der Waals surface area (Å²) in [7, 11) is 0. The zero-order chi connectivity index (χ0) is 25.1. The molecule has 0 radical (unpaired) electrons. The van der Waals surface area contributed by atoms with Gasteiger partial charge in [0.2, 0.25) is 5.91 Å². The van der Waals surface area contributed by atoms with Crippen molar-refractivity contribution in [1.82, 2.24) is 20.0 Å². The minimum absolute atomic E-state index is 0.00110. The minimum Gasteiger partial charge on any atom is -0.428 e. The summed E-state index contributed by atoms with van der Waals surface area (Å²) in [6.07, 6.45) is -8.62. The smallest absolute Gasteiger partial charge is 0.428 e. The Kier molecular flexibility index (Phi) is 7.91. The zero-order valence-electron chi connectivity index (χ0n) is 19.5. The highest BCUT2D eigenvalue weighted by molar-refractivity contribution is 5.90. The van der Waals surface area contributed by atoms with E-state index in [4.69, 9.17) is 0 Å². The van der Waals surface area contributed by atoms with Gasteiger partial charge in [-0.2, -0.15) is 17.6 Å². The molecule has 190 valence electrons. The second-order valence-electron chi connectivity index (χ2n) is 9.36. The summed E-state index contributed by atoms with van der Waals surface area (Å²) in [5.41, 5.74) is 0.0921. The van der Waals surface area contributed by atoms with E-state index in [1.807, 2.05) is 0 Å². The molecule has 3 amide bonds. The Hall–Kier alpha value is -2.60. The predicted molar refractivity (Wildman–Crippen MR) is 118 cm³/mol. The van der Waals surface area contributed by atoms with Gasteiger partial charge in [-0.1, -0.05) is 6.07 Å². The Balaban J connectivity index is 1.51. The number of rotatable bonds is 5. The first kappa shape index (κ1) is 26.0. The summed E-state index contributed by atoms with van der Waals surface area (Å²) in [6, 6.07) is 4.09. The maximum Gasteiger partial charge on any atom is 0.461 e. The molecule has 2 N–H and O–H groups in total. The van der Waals surface area contributed by atoms with Crippen molar-refractivity contribution in [1.29, 1.82) is 0 Å². The third-order valence-corrected chi connectivity index (χ3v) is 5.89. The van der Waals surface area contributed by atoms with Crippen molar-refractivity contribution in [2.75, 3.05) is 51.1 Å². The maximum absolute atomic E-state index is 13.1. The molecule has 0 bridgehead atoms. The average Bonchev–Trinajstić information content (AvgIpc) is 2.78. The molecule has 2 aliphatic rings. The third-order valence-electron chi connectivity index (χ3n) is 5.89. The van der Waals surface area contributed by atoms with Crippen molar-refractivity contribution in [2.45, 2.75) is 44.9 Å². The lowest BCUT2D eigenvalue weighted by Crippen LogP contribution is -2.63. The first-order chi connectivity index (χ1) is 15.9. The monoisotopic (exact) mass is 489 g/mol. The molecule has 2 fully saturated rings. The molecule has 0 aromatic heterocycles. The number of carbonyl (C=O) groups is 2. The number of halogens is 4. The normalized spacial score (nSPS) is 20.4. The van der Waals surface area contributed by atoms with Crippen LogP contribution in [0.2, 0.25) is 0 Å². The van der Waals surface area contributed by atoms with Crippen LogP contribution in [0.3, 0.4) is 0 Å². The Labute approximate surface area is 196 Å². The molecule has 0 spiro atoms. The molecule has 34 heavy (non-hydrogen) atoms. The van der Waals surface area contributed by atoms with Crippen molar-refractivity contribution in [3.8, 4) is 5.75 Å². The van der Waals surface area contributed by atoms with Gasteiger partial charge < -0.3 is 25.2 Å². The van der Waals surface area contributed by atoms with Gasteiger partial charge in [0.1, 0.15) is 5.75 Å². The topological polar surface area (TPSA) is 77.2 Å². The van der Waals surface area contributed by atoms with Crippen molar-refractivity contribution >= 4 is 17.6 Å². The molecule has 1 atom stereocenters. The van der Waals surface area contributed by atoms with E-state index in [0.29, 0.717) is 32.7 Å². The number of urea groups is 1. The second kappa shape index (κ2) is 10.3. The molecular weight excluding hydrogens is 458 g/mol. The quantitative estimate of drug-likeness (QED) is 0.622. The molecule has 2 heterocycles. The van der Waals surface area contributed by atoms with E-state index < -0.39 is 24.3 Å². The summed E-state index contributed by atoms with van der Waals surface area (Å²) < 4.78 is 55.0. The van der Waals surface area contributed by atoms with Crippen LogP contribution >= 0.6 is 0 Å². The first-order valence-electron chi connectivity index (χ1n) is 11.1. The highest BCUT2D eigenvalue weighted by Gasteiger charge is 2.44. The molecule has 8 nitrogen and oxygen atoms in total. The van der Waals surface area contributed by atoms with E-state index in [1.54, 1.807) is 4.90 Å². The second-order valence-corrected chi connectivity index (χ2v) is 9.36. The molecule has 2 saturated heterocycles. The standard InChI is InChI=1S/C22H31F4N5O3/c1-21(2,3)31-8-7-27-17(14-31)18(32)29-9-11-30(12-10-29)20(33)28-15-5-4-6-16(13-15)34-22(25,26)19(23)24/h4-6,13,17,19,27H,7-12,14H2,1-3H3,(H,28,33)/t17-/m1/s1. The van der Waals surface area contributed by atoms with E-state index in [-0.39, 0.29) is 23.2 Å². The highest BCUT2D eigenvalue weighted by Crippen LogP contribution is 2.29. The van der Waals surface area contributed by atoms with Crippen LogP contribution in [-0.2, 0) is 4.79 Å². The number of alkyl halides is 4. The van der Waals surface area contributed by atoms with E-state index in [1.165, 1.54) is 17.0 Å². The van der Waals surface area contributed by atoms with E-state index in [9.17, 15) is 27.2 Å². The van der Waals surface area contributed by atoms with Crippen molar-refractivity contribution in [3.05, 3.63) is 24.3 Å².